The van der Waals surface area contributed by atoms with Crippen molar-refractivity contribution in [1.29, 1.82) is 0 Å². The molecule has 1 amide bonds. The summed E-state index contributed by atoms with van der Waals surface area (Å²) in [7, 11) is 0. The average Bonchev–Trinajstić information content (AvgIpc) is 2.94. The number of ether oxygens (including phenoxy) is 2. The number of carbonyl (C=O) groups is 2. The summed E-state index contributed by atoms with van der Waals surface area (Å²) in [5, 5.41) is 5.62. The molecule has 1 atom stereocenters. The molecule has 2 aromatic carbocycles. The molecule has 7 heteroatoms. The Hall–Kier alpha value is -2.67. The Kier molecular flexibility index (Phi) is 4.82. The van der Waals surface area contributed by atoms with Crippen LogP contribution in [0.4, 0.5) is 0 Å². The molecule has 1 aliphatic rings. The van der Waals surface area contributed by atoms with Crippen molar-refractivity contribution in [2.24, 2.45) is 5.10 Å². The Morgan fingerprint density at radius 2 is 1.88 bits per heavy atom. The molecule has 0 aliphatic carbocycles. The molecule has 1 aliphatic heterocycles. The topological polar surface area (TPSA) is 68.2 Å². The first kappa shape index (κ1) is 18.1. The van der Waals surface area contributed by atoms with E-state index in [1.165, 1.54) is 18.9 Å². The van der Waals surface area contributed by atoms with Crippen LogP contribution in [0.1, 0.15) is 31.9 Å². The SMILES string of the molecule is CC(=O)Oc1ccccc1[C@]1(C)OC(c2cccc(Br)c2)=NN1C(C)=O. The lowest BCUT2D eigenvalue weighted by Crippen LogP contribution is -2.41. The largest absolute Gasteiger partial charge is 0.443 e. The standard InChI is InChI=1S/C19H17BrN2O4/c1-12(23)22-19(3,16-9-4-5-10-17(16)25-13(2)24)26-18(21-22)14-7-6-8-15(20)11-14/h4-11H,1-3H3/t19-/m0/s1. The van der Waals surface area contributed by atoms with Crippen LogP contribution in [0.15, 0.2) is 58.1 Å². The summed E-state index contributed by atoms with van der Waals surface area (Å²) >= 11 is 3.42. The van der Waals surface area contributed by atoms with Gasteiger partial charge in [0, 0.05) is 30.8 Å². The third kappa shape index (κ3) is 3.35. The lowest BCUT2D eigenvalue weighted by atomic mass is 10.0. The molecule has 0 bridgehead atoms. The Morgan fingerprint density at radius 1 is 1.15 bits per heavy atom. The molecular weight excluding hydrogens is 400 g/mol. The van der Waals surface area contributed by atoms with Crippen molar-refractivity contribution >= 4 is 33.7 Å². The summed E-state index contributed by atoms with van der Waals surface area (Å²) in [6.07, 6.45) is 0. The molecule has 26 heavy (non-hydrogen) atoms. The van der Waals surface area contributed by atoms with Gasteiger partial charge in [-0.3, -0.25) is 9.59 Å². The number of benzene rings is 2. The number of amides is 1. The first-order chi connectivity index (χ1) is 12.3. The minimum absolute atomic E-state index is 0.296. The molecule has 6 nitrogen and oxygen atoms in total. The fraction of sp³-hybridized carbons (Fsp3) is 0.211. The molecule has 0 saturated heterocycles. The van der Waals surface area contributed by atoms with Crippen molar-refractivity contribution in [2.45, 2.75) is 26.5 Å². The normalized spacial score (nSPS) is 18.9. The van der Waals surface area contributed by atoms with Crippen LogP contribution in [0, 0.1) is 0 Å². The fourth-order valence-electron chi connectivity index (χ4n) is 2.81. The van der Waals surface area contributed by atoms with E-state index >= 15 is 0 Å². The molecule has 0 fully saturated rings. The molecule has 0 unspecified atom stereocenters. The molecule has 2 aromatic rings. The number of halogens is 1. The number of hydrogen-bond acceptors (Lipinski definition) is 5. The monoisotopic (exact) mass is 416 g/mol. The quantitative estimate of drug-likeness (QED) is 0.563. The highest BCUT2D eigenvalue weighted by atomic mass is 79.9. The zero-order valence-corrected chi connectivity index (χ0v) is 16.1. The predicted octanol–water partition coefficient (Wildman–Crippen LogP) is 3.79. The van der Waals surface area contributed by atoms with Gasteiger partial charge >= 0.3 is 5.97 Å². The van der Waals surface area contributed by atoms with Crippen LogP contribution in [0.2, 0.25) is 0 Å². The van der Waals surface area contributed by atoms with E-state index in [-0.39, 0.29) is 5.91 Å². The van der Waals surface area contributed by atoms with Gasteiger partial charge in [0.2, 0.25) is 17.5 Å². The summed E-state index contributed by atoms with van der Waals surface area (Å²) in [6, 6.07) is 14.4. The minimum atomic E-state index is -1.24. The Morgan fingerprint density at radius 3 is 2.54 bits per heavy atom. The number of esters is 1. The molecule has 1 heterocycles. The number of hydrazone groups is 1. The third-order valence-corrected chi connectivity index (χ3v) is 4.39. The third-order valence-electron chi connectivity index (χ3n) is 3.90. The molecular formula is C19H17BrN2O4. The van der Waals surface area contributed by atoms with Crippen LogP contribution >= 0.6 is 15.9 Å². The molecule has 3 rings (SSSR count). The van der Waals surface area contributed by atoms with Gasteiger partial charge in [-0.05, 0) is 30.3 Å². The van der Waals surface area contributed by atoms with Crippen LogP contribution in [0.5, 0.6) is 5.75 Å². The van der Waals surface area contributed by atoms with Gasteiger partial charge in [-0.1, -0.05) is 34.1 Å². The lowest BCUT2D eigenvalue weighted by Gasteiger charge is -2.32. The summed E-state index contributed by atoms with van der Waals surface area (Å²) < 4.78 is 12.3. The van der Waals surface area contributed by atoms with E-state index in [1.54, 1.807) is 31.2 Å². The minimum Gasteiger partial charge on any atom is -0.443 e. The van der Waals surface area contributed by atoms with Crippen molar-refractivity contribution < 1.29 is 19.1 Å². The summed E-state index contributed by atoms with van der Waals surface area (Å²) in [5.41, 5.74) is 0.00803. The van der Waals surface area contributed by atoms with E-state index in [0.29, 0.717) is 17.2 Å². The van der Waals surface area contributed by atoms with Crippen molar-refractivity contribution in [1.82, 2.24) is 5.01 Å². The van der Waals surface area contributed by atoms with E-state index in [0.717, 1.165) is 10.0 Å². The zero-order valence-electron chi connectivity index (χ0n) is 14.5. The number of nitrogens with zero attached hydrogens (tertiary/aromatic N) is 2. The van der Waals surface area contributed by atoms with Gasteiger partial charge < -0.3 is 9.47 Å². The summed E-state index contributed by atoms with van der Waals surface area (Å²) in [6.45, 7) is 4.44. The van der Waals surface area contributed by atoms with E-state index in [4.69, 9.17) is 9.47 Å². The van der Waals surface area contributed by atoms with Crippen LogP contribution in [-0.2, 0) is 20.1 Å². The molecule has 0 N–H and O–H groups in total. The van der Waals surface area contributed by atoms with Crippen LogP contribution < -0.4 is 4.74 Å². The second kappa shape index (κ2) is 6.92. The Labute approximate surface area is 159 Å². The Balaban J connectivity index is 2.07. The molecule has 0 radical (unpaired) electrons. The maximum absolute atomic E-state index is 12.2. The van der Waals surface area contributed by atoms with E-state index in [9.17, 15) is 9.59 Å². The number of rotatable bonds is 3. The maximum Gasteiger partial charge on any atom is 0.308 e. The number of para-hydroxylation sites is 1. The zero-order chi connectivity index (χ0) is 18.9. The average molecular weight is 417 g/mol. The van der Waals surface area contributed by atoms with Crippen LogP contribution in [-0.4, -0.2) is 22.8 Å². The van der Waals surface area contributed by atoms with Crippen LogP contribution in [0.3, 0.4) is 0 Å². The van der Waals surface area contributed by atoms with Crippen molar-refractivity contribution in [3.05, 3.63) is 64.1 Å². The van der Waals surface area contributed by atoms with Crippen LogP contribution in [0.25, 0.3) is 0 Å². The van der Waals surface area contributed by atoms with Gasteiger partial charge in [-0.25, -0.2) is 0 Å². The van der Waals surface area contributed by atoms with Crippen molar-refractivity contribution in [3.8, 4) is 5.75 Å². The lowest BCUT2D eigenvalue weighted by molar-refractivity contribution is -0.146. The fourth-order valence-corrected chi connectivity index (χ4v) is 3.21. The number of hydrogen-bond donors (Lipinski definition) is 0. The van der Waals surface area contributed by atoms with Gasteiger partial charge in [0.25, 0.3) is 0 Å². The van der Waals surface area contributed by atoms with Gasteiger partial charge in [0.05, 0.1) is 5.56 Å². The van der Waals surface area contributed by atoms with Gasteiger partial charge in [0.1, 0.15) is 5.75 Å². The van der Waals surface area contributed by atoms with Gasteiger partial charge in [-0.15, -0.1) is 5.10 Å². The molecule has 0 aromatic heterocycles. The maximum atomic E-state index is 12.2. The number of carbonyl (C=O) groups excluding carboxylic acids is 2. The van der Waals surface area contributed by atoms with E-state index < -0.39 is 11.7 Å². The second-order valence-electron chi connectivity index (χ2n) is 5.92. The smallest absolute Gasteiger partial charge is 0.308 e. The van der Waals surface area contributed by atoms with Gasteiger partial charge in [-0.2, -0.15) is 5.01 Å². The highest BCUT2D eigenvalue weighted by Crippen LogP contribution is 2.41. The van der Waals surface area contributed by atoms with E-state index in [2.05, 4.69) is 21.0 Å². The second-order valence-corrected chi connectivity index (χ2v) is 6.84. The highest BCUT2D eigenvalue weighted by molar-refractivity contribution is 9.10. The van der Waals surface area contributed by atoms with Crippen molar-refractivity contribution in [2.75, 3.05) is 0 Å². The first-order valence-corrected chi connectivity index (χ1v) is 8.73. The van der Waals surface area contributed by atoms with Gasteiger partial charge in [0.15, 0.2) is 0 Å². The highest BCUT2D eigenvalue weighted by Gasteiger charge is 2.46. The summed E-state index contributed by atoms with van der Waals surface area (Å²) in [4.78, 5) is 23.7. The Bertz CT molecular complexity index is 912. The van der Waals surface area contributed by atoms with Crippen molar-refractivity contribution in [3.63, 3.8) is 0 Å². The summed E-state index contributed by atoms with van der Waals surface area (Å²) in [5.74, 6) is -0.127. The first-order valence-electron chi connectivity index (χ1n) is 7.93. The van der Waals surface area contributed by atoms with E-state index in [1.807, 2.05) is 24.3 Å². The molecule has 0 spiro atoms. The molecule has 134 valence electrons. The molecule has 0 saturated carbocycles. The predicted molar refractivity (Wildman–Crippen MR) is 99.4 cm³/mol.